The highest BCUT2D eigenvalue weighted by Gasteiger charge is 2.21. The van der Waals surface area contributed by atoms with Gasteiger partial charge >= 0.3 is 5.69 Å². The van der Waals surface area contributed by atoms with Gasteiger partial charge in [-0.25, -0.2) is 0 Å². The van der Waals surface area contributed by atoms with Crippen molar-refractivity contribution in [2.45, 2.75) is 12.8 Å². The van der Waals surface area contributed by atoms with Crippen molar-refractivity contribution in [1.82, 2.24) is 5.32 Å². The van der Waals surface area contributed by atoms with Crippen molar-refractivity contribution in [3.05, 3.63) is 33.9 Å². The van der Waals surface area contributed by atoms with E-state index in [1.807, 2.05) is 0 Å². The van der Waals surface area contributed by atoms with Crippen LogP contribution in [0.1, 0.15) is 23.2 Å². The number of nitro benzene ring substituents is 1. The quantitative estimate of drug-likeness (QED) is 0.366. The molecule has 0 aliphatic rings. The molecule has 1 amide bonds. The molecule has 0 aromatic heterocycles. The van der Waals surface area contributed by atoms with Crippen LogP contribution >= 0.6 is 0 Å². The number of unbranched alkanes of at least 4 members (excludes halogenated alkanes) is 1. The Morgan fingerprint density at radius 1 is 1.58 bits per heavy atom. The van der Waals surface area contributed by atoms with Gasteiger partial charge in [0.1, 0.15) is 0 Å². The number of nitrogens with zero attached hydrogens (tertiary/aromatic N) is 1. The topological polar surface area (TPSA) is 81.5 Å². The molecule has 0 heterocycles. The van der Waals surface area contributed by atoms with E-state index in [1.165, 1.54) is 25.3 Å². The first-order valence-corrected chi connectivity index (χ1v) is 5.65. The van der Waals surface area contributed by atoms with E-state index in [0.29, 0.717) is 19.4 Å². The van der Waals surface area contributed by atoms with Crippen LogP contribution in [0.5, 0.6) is 5.75 Å². The number of nitrogens with one attached hydrogen (secondary N) is 1. The van der Waals surface area contributed by atoms with Crippen molar-refractivity contribution in [2.75, 3.05) is 13.7 Å². The van der Waals surface area contributed by atoms with Gasteiger partial charge in [0, 0.05) is 19.0 Å². The van der Waals surface area contributed by atoms with Gasteiger partial charge in [0.15, 0.2) is 0 Å². The fraction of sp³-hybridized carbons (Fsp3) is 0.308. The van der Waals surface area contributed by atoms with Crippen LogP contribution in [0.25, 0.3) is 0 Å². The Morgan fingerprint density at radius 2 is 2.32 bits per heavy atom. The van der Waals surface area contributed by atoms with Crippen LogP contribution in [0.4, 0.5) is 5.69 Å². The predicted octanol–water partition coefficient (Wildman–Crippen LogP) is 1.75. The minimum Gasteiger partial charge on any atom is -0.490 e. The van der Waals surface area contributed by atoms with Crippen molar-refractivity contribution < 1.29 is 14.5 Å². The maximum atomic E-state index is 11.9. The summed E-state index contributed by atoms with van der Waals surface area (Å²) < 4.78 is 4.95. The van der Waals surface area contributed by atoms with Gasteiger partial charge in [0.25, 0.3) is 5.91 Å². The molecule has 1 aromatic rings. The van der Waals surface area contributed by atoms with E-state index >= 15 is 0 Å². The minimum absolute atomic E-state index is 0.0399. The van der Waals surface area contributed by atoms with Crippen LogP contribution < -0.4 is 10.1 Å². The molecule has 1 rings (SSSR count). The summed E-state index contributed by atoms with van der Waals surface area (Å²) in [4.78, 5) is 22.1. The SMILES string of the molecule is C#CCCCNC(=O)c1cccc([N+](=O)[O-])c1OC. The molecule has 1 aromatic carbocycles. The number of benzene rings is 1. The summed E-state index contributed by atoms with van der Waals surface area (Å²) in [6, 6.07) is 4.20. The lowest BCUT2D eigenvalue weighted by Crippen LogP contribution is -2.25. The Kier molecular flexibility index (Phi) is 5.35. The number of terminal acetylenes is 1. The Hall–Kier alpha value is -2.55. The summed E-state index contributed by atoms with van der Waals surface area (Å²) in [6.07, 6.45) is 6.31. The van der Waals surface area contributed by atoms with Crippen molar-refractivity contribution in [1.29, 1.82) is 0 Å². The van der Waals surface area contributed by atoms with Gasteiger partial charge in [-0.1, -0.05) is 6.07 Å². The molecule has 19 heavy (non-hydrogen) atoms. The molecular formula is C13H14N2O4. The van der Waals surface area contributed by atoms with Gasteiger partial charge in [0.05, 0.1) is 17.6 Å². The molecule has 0 spiro atoms. The minimum atomic E-state index is -0.589. The van der Waals surface area contributed by atoms with Crippen LogP contribution in [0.15, 0.2) is 18.2 Å². The number of nitro groups is 1. The van der Waals surface area contributed by atoms with E-state index in [1.54, 1.807) is 0 Å². The standard InChI is InChI=1S/C13H14N2O4/c1-3-4-5-9-14-13(16)10-7-6-8-11(15(17)18)12(10)19-2/h1,6-8H,4-5,9H2,2H3,(H,14,16). The molecule has 0 fully saturated rings. The first kappa shape index (κ1) is 14.5. The molecule has 0 bridgehead atoms. The predicted molar refractivity (Wildman–Crippen MR) is 70.0 cm³/mol. The number of carbonyl (C=O) groups is 1. The fourth-order valence-corrected chi connectivity index (χ4v) is 1.55. The van der Waals surface area contributed by atoms with Crippen molar-refractivity contribution in [3.63, 3.8) is 0 Å². The smallest absolute Gasteiger partial charge is 0.311 e. The molecule has 0 radical (unpaired) electrons. The Balaban J connectivity index is 2.88. The van der Waals surface area contributed by atoms with E-state index in [0.717, 1.165) is 0 Å². The number of amides is 1. The molecule has 6 heteroatoms. The number of hydrogen-bond acceptors (Lipinski definition) is 4. The lowest BCUT2D eigenvalue weighted by atomic mass is 10.1. The highest BCUT2D eigenvalue weighted by atomic mass is 16.6. The molecule has 100 valence electrons. The van der Waals surface area contributed by atoms with Gasteiger partial charge in [-0.05, 0) is 12.5 Å². The molecule has 0 aliphatic carbocycles. The van der Waals surface area contributed by atoms with Crippen LogP contribution in [0.2, 0.25) is 0 Å². The number of para-hydroxylation sites is 1. The maximum Gasteiger partial charge on any atom is 0.311 e. The monoisotopic (exact) mass is 262 g/mol. The van der Waals surface area contributed by atoms with Crippen LogP contribution in [-0.4, -0.2) is 24.5 Å². The largest absolute Gasteiger partial charge is 0.490 e. The zero-order valence-electron chi connectivity index (χ0n) is 10.5. The maximum absolute atomic E-state index is 11.9. The van der Waals surface area contributed by atoms with Gasteiger partial charge in [-0.15, -0.1) is 12.3 Å². The van der Waals surface area contributed by atoms with Crippen molar-refractivity contribution >= 4 is 11.6 Å². The average Bonchev–Trinajstić information content (AvgIpc) is 2.42. The van der Waals surface area contributed by atoms with Gasteiger partial charge in [-0.2, -0.15) is 0 Å². The molecule has 0 atom stereocenters. The Bertz CT molecular complexity index is 520. The number of methoxy groups -OCH3 is 1. The first-order valence-electron chi connectivity index (χ1n) is 5.65. The number of carbonyl (C=O) groups excluding carboxylic acids is 1. The van der Waals surface area contributed by atoms with Crippen LogP contribution in [0, 0.1) is 22.5 Å². The number of ether oxygens (including phenoxy) is 1. The molecule has 0 saturated carbocycles. The van der Waals surface area contributed by atoms with E-state index in [2.05, 4.69) is 11.2 Å². The van der Waals surface area contributed by atoms with Gasteiger partial charge in [0.2, 0.25) is 5.75 Å². The van der Waals surface area contributed by atoms with Gasteiger partial charge in [-0.3, -0.25) is 14.9 Å². The second-order valence-electron chi connectivity index (χ2n) is 3.68. The molecule has 1 N–H and O–H groups in total. The number of hydrogen-bond donors (Lipinski definition) is 1. The van der Waals surface area contributed by atoms with Crippen molar-refractivity contribution in [3.8, 4) is 18.1 Å². The van der Waals surface area contributed by atoms with E-state index in [4.69, 9.17) is 11.2 Å². The second-order valence-corrected chi connectivity index (χ2v) is 3.68. The average molecular weight is 262 g/mol. The van der Waals surface area contributed by atoms with Gasteiger partial charge < -0.3 is 10.1 Å². The third kappa shape index (κ3) is 3.71. The molecule has 0 unspecified atom stereocenters. The summed E-state index contributed by atoms with van der Waals surface area (Å²) in [5, 5.41) is 13.5. The zero-order valence-corrected chi connectivity index (χ0v) is 10.5. The molecular weight excluding hydrogens is 248 g/mol. The molecule has 0 saturated heterocycles. The highest BCUT2D eigenvalue weighted by Crippen LogP contribution is 2.30. The second kappa shape index (κ2) is 7.01. The summed E-state index contributed by atoms with van der Waals surface area (Å²) in [7, 11) is 1.29. The van der Waals surface area contributed by atoms with E-state index < -0.39 is 10.8 Å². The molecule has 6 nitrogen and oxygen atoms in total. The molecule has 0 aliphatic heterocycles. The third-order valence-electron chi connectivity index (χ3n) is 2.42. The normalized spacial score (nSPS) is 9.47. The lowest BCUT2D eigenvalue weighted by molar-refractivity contribution is -0.385. The van der Waals surface area contributed by atoms with E-state index in [-0.39, 0.29) is 17.0 Å². The highest BCUT2D eigenvalue weighted by molar-refractivity contribution is 5.98. The zero-order chi connectivity index (χ0) is 14.3. The van der Waals surface area contributed by atoms with Crippen LogP contribution in [0.3, 0.4) is 0 Å². The fourth-order valence-electron chi connectivity index (χ4n) is 1.55. The first-order chi connectivity index (χ1) is 9.11. The Labute approximate surface area is 110 Å². The summed E-state index contributed by atoms with van der Waals surface area (Å²) >= 11 is 0. The third-order valence-corrected chi connectivity index (χ3v) is 2.42. The Morgan fingerprint density at radius 3 is 2.89 bits per heavy atom. The summed E-state index contributed by atoms with van der Waals surface area (Å²) in [6.45, 7) is 0.412. The lowest BCUT2D eigenvalue weighted by Gasteiger charge is -2.09. The number of rotatable bonds is 6. The summed E-state index contributed by atoms with van der Waals surface area (Å²) in [5.41, 5.74) is -0.101. The summed E-state index contributed by atoms with van der Waals surface area (Å²) in [5.74, 6) is 2.00. The van der Waals surface area contributed by atoms with E-state index in [9.17, 15) is 14.9 Å². The van der Waals surface area contributed by atoms with Crippen LogP contribution in [-0.2, 0) is 0 Å². The van der Waals surface area contributed by atoms with Crippen molar-refractivity contribution in [2.24, 2.45) is 0 Å².